The zero-order valence-electron chi connectivity index (χ0n) is 10.7. The second kappa shape index (κ2) is 5.96. The molecule has 0 spiro atoms. The zero-order valence-corrected chi connectivity index (χ0v) is 11.6. The lowest BCUT2D eigenvalue weighted by molar-refractivity contribution is 0.0388. The largest absolute Gasteiger partial charge is 0.381 e. The summed E-state index contributed by atoms with van der Waals surface area (Å²) in [5.41, 5.74) is 7.13. The number of likely N-dealkylation sites (tertiary alicyclic amines) is 1. The van der Waals surface area contributed by atoms with Crippen LogP contribution in [-0.2, 0) is 17.8 Å². The van der Waals surface area contributed by atoms with Crippen LogP contribution in [0.2, 0.25) is 0 Å². The van der Waals surface area contributed by atoms with E-state index < -0.39 is 0 Å². The number of methoxy groups -OCH3 is 1. The van der Waals surface area contributed by atoms with Crippen LogP contribution in [-0.4, -0.2) is 31.2 Å². The van der Waals surface area contributed by atoms with Gasteiger partial charge in [0.05, 0.1) is 6.10 Å². The number of rotatable bonds is 4. The summed E-state index contributed by atoms with van der Waals surface area (Å²) < 4.78 is 5.39. The number of hydrogen-bond donors (Lipinski definition) is 1. The molecule has 2 N–H and O–H groups in total. The molecule has 0 atom stereocenters. The Kier molecular flexibility index (Phi) is 4.56. The second-order valence-electron chi connectivity index (χ2n) is 4.71. The highest BCUT2D eigenvalue weighted by molar-refractivity contribution is 7.12. The maximum atomic E-state index is 5.68. The Balaban J connectivity index is 1.90. The van der Waals surface area contributed by atoms with Crippen molar-refractivity contribution in [2.75, 3.05) is 20.2 Å². The molecule has 1 aromatic rings. The summed E-state index contributed by atoms with van der Waals surface area (Å²) in [6.07, 6.45) is 2.78. The van der Waals surface area contributed by atoms with Crippen molar-refractivity contribution < 1.29 is 4.74 Å². The van der Waals surface area contributed by atoms with Crippen molar-refractivity contribution in [2.45, 2.75) is 39.0 Å². The molecule has 0 unspecified atom stereocenters. The Bertz CT molecular complexity index is 356. The minimum absolute atomic E-state index is 0.467. The van der Waals surface area contributed by atoms with Gasteiger partial charge in [-0.2, -0.15) is 0 Å². The van der Waals surface area contributed by atoms with E-state index in [4.69, 9.17) is 10.5 Å². The molecule has 2 heterocycles. The highest BCUT2D eigenvalue weighted by atomic mass is 32.1. The molecule has 4 heteroatoms. The minimum atomic E-state index is 0.467. The van der Waals surface area contributed by atoms with Gasteiger partial charge in [-0.25, -0.2) is 0 Å². The van der Waals surface area contributed by atoms with Gasteiger partial charge >= 0.3 is 0 Å². The molecular formula is C13H22N2OS. The summed E-state index contributed by atoms with van der Waals surface area (Å²) in [5, 5.41) is 0. The van der Waals surface area contributed by atoms with Crippen LogP contribution in [0.1, 0.15) is 28.2 Å². The summed E-state index contributed by atoms with van der Waals surface area (Å²) in [4.78, 5) is 5.23. The van der Waals surface area contributed by atoms with Crippen molar-refractivity contribution in [2.24, 2.45) is 5.73 Å². The number of nitrogens with zero attached hydrogens (tertiary/aromatic N) is 1. The van der Waals surface area contributed by atoms with Crippen LogP contribution in [0.15, 0.2) is 6.07 Å². The Labute approximate surface area is 108 Å². The summed E-state index contributed by atoms with van der Waals surface area (Å²) in [6.45, 7) is 6.22. The molecule has 0 amide bonds. The van der Waals surface area contributed by atoms with E-state index in [1.807, 2.05) is 18.4 Å². The van der Waals surface area contributed by atoms with E-state index >= 15 is 0 Å². The van der Waals surface area contributed by atoms with Gasteiger partial charge in [0.15, 0.2) is 0 Å². The van der Waals surface area contributed by atoms with Crippen molar-refractivity contribution in [3.63, 3.8) is 0 Å². The van der Waals surface area contributed by atoms with Gasteiger partial charge in [0.1, 0.15) is 0 Å². The van der Waals surface area contributed by atoms with Crippen LogP contribution in [0.4, 0.5) is 0 Å². The standard InChI is InChI=1S/C13H22N2OS/c1-10-11(7-13(8-14)17-10)9-15-5-3-12(16-2)4-6-15/h7,12H,3-6,8-9,14H2,1-2H3. The molecule has 0 bridgehead atoms. The molecule has 17 heavy (non-hydrogen) atoms. The summed E-state index contributed by atoms with van der Waals surface area (Å²) >= 11 is 1.83. The van der Waals surface area contributed by atoms with Crippen molar-refractivity contribution in [3.8, 4) is 0 Å². The van der Waals surface area contributed by atoms with Crippen molar-refractivity contribution in [1.29, 1.82) is 0 Å². The number of hydrogen-bond acceptors (Lipinski definition) is 4. The van der Waals surface area contributed by atoms with Crippen LogP contribution in [0.3, 0.4) is 0 Å². The lowest BCUT2D eigenvalue weighted by atomic mass is 10.1. The minimum Gasteiger partial charge on any atom is -0.381 e. The third-order valence-electron chi connectivity index (χ3n) is 3.53. The monoisotopic (exact) mass is 254 g/mol. The van der Waals surface area contributed by atoms with Crippen LogP contribution < -0.4 is 5.73 Å². The average Bonchev–Trinajstić information content (AvgIpc) is 2.71. The third kappa shape index (κ3) is 3.28. The van der Waals surface area contributed by atoms with Crippen LogP contribution in [0.5, 0.6) is 0 Å². The van der Waals surface area contributed by atoms with E-state index in [1.54, 1.807) is 0 Å². The molecule has 0 aliphatic carbocycles. The van der Waals surface area contributed by atoms with E-state index in [-0.39, 0.29) is 0 Å². The number of aryl methyl sites for hydroxylation is 1. The Hall–Kier alpha value is -0.420. The van der Waals surface area contributed by atoms with Gasteiger partial charge in [-0.3, -0.25) is 4.90 Å². The first kappa shape index (κ1) is 13.0. The Morgan fingerprint density at radius 3 is 2.71 bits per heavy atom. The number of piperidine rings is 1. The predicted molar refractivity (Wildman–Crippen MR) is 72.3 cm³/mol. The van der Waals surface area contributed by atoms with E-state index in [9.17, 15) is 0 Å². The van der Waals surface area contributed by atoms with Gasteiger partial charge in [-0.1, -0.05) is 0 Å². The molecule has 1 aliphatic rings. The Morgan fingerprint density at radius 1 is 1.47 bits per heavy atom. The molecule has 2 rings (SSSR count). The van der Waals surface area contributed by atoms with Gasteiger partial charge in [0.2, 0.25) is 0 Å². The lowest BCUT2D eigenvalue weighted by Crippen LogP contribution is -2.36. The second-order valence-corrected chi connectivity index (χ2v) is 6.05. The lowest BCUT2D eigenvalue weighted by Gasteiger charge is -2.31. The van der Waals surface area contributed by atoms with Gasteiger partial charge in [-0.05, 0) is 31.4 Å². The molecule has 3 nitrogen and oxygen atoms in total. The highest BCUT2D eigenvalue weighted by Crippen LogP contribution is 2.24. The van der Waals surface area contributed by atoms with Crippen molar-refractivity contribution in [1.82, 2.24) is 4.90 Å². The van der Waals surface area contributed by atoms with E-state index in [2.05, 4.69) is 17.9 Å². The molecular weight excluding hydrogens is 232 g/mol. The first-order valence-electron chi connectivity index (χ1n) is 6.26. The van der Waals surface area contributed by atoms with Crippen LogP contribution >= 0.6 is 11.3 Å². The normalized spacial score (nSPS) is 18.8. The van der Waals surface area contributed by atoms with Gasteiger partial charge in [-0.15, -0.1) is 11.3 Å². The van der Waals surface area contributed by atoms with Crippen molar-refractivity contribution >= 4 is 11.3 Å². The average molecular weight is 254 g/mol. The quantitative estimate of drug-likeness (QED) is 0.894. The molecule has 1 aliphatic heterocycles. The predicted octanol–water partition coefficient (Wildman–Crippen LogP) is 2.13. The summed E-state index contributed by atoms with van der Waals surface area (Å²) in [5.74, 6) is 0. The summed E-state index contributed by atoms with van der Waals surface area (Å²) in [6, 6.07) is 2.27. The van der Waals surface area contributed by atoms with Crippen LogP contribution in [0.25, 0.3) is 0 Å². The van der Waals surface area contributed by atoms with E-state index in [0.29, 0.717) is 12.6 Å². The smallest absolute Gasteiger partial charge is 0.0595 e. The van der Waals surface area contributed by atoms with E-state index in [0.717, 1.165) is 32.5 Å². The molecule has 96 valence electrons. The fourth-order valence-corrected chi connectivity index (χ4v) is 3.32. The third-order valence-corrected chi connectivity index (χ3v) is 4.65. The number of thiophene rings is 1. The van der Waals surface area contributed by atoms with Crippen molar-refractivity contribution in [3.05, 3.63) is 21.4 Å². The SMILES string of the molecule is COC1CCN(Cc2cc(CN)sc2C)CC1. The van der Waals surface area contributed by atoms with Gasteiger partial charge < -0.3 is 10.5 Å². The molecule has 0 aromatic carbocycles. The maximum Gasteiger partial charge on any atom is 0.0595 e. The zero-order chi connectivity index (χ0) is 12.3. The Morgan fingerprint density at radius 2 is 2.18 bits per heavy atom. The first-order chi connectivity index (χ1) is 8.22. The first-order valence-corrected chi connectivity index (χ1v) is 7.08. The molecule has 1 saturated heterocycles. The molecule has 1 aromatic heterocycles. The van der Waals surface area contributed by atoms with Gasteiger partial charge in [0, 0.05) is 43.0 Å². The van der Waals surface area contributed by atoms with E-state index in [1.165, 1.54) is 15.3 Å². The van der Waals surface area contributed by atoms with Gasteiger partial charge in [0.25, 0.3) is 0 Å². The summed E-state index contributed by atoms with van der Waals surface area (Å²) in [7, 11) is 1.82. The molecule has 0 saturated carbocycles. The topological polar surface area (TPSA) is 38.5 Å². The number of ether oxygens (including phenoxy) is 1. The highest BCUT2D eigenvalue weighted by Gasteiger charge is 2.19. The fraction of sp³-hybridized carbons (Fsp3) is 0.692. The maximum absolute atomic E-state index is 5.68. The molecule has 0 radical (unpaired) electrons. The van der Waals surface area contributed by atoms with Crippen LogP contribution in [0, 0.1) is 6.92 Å². The molecule has 1 fully saturated rings. The fourth-order valence-electron chi connectivity index (χ4n) is 2.39. The number of nitrogens with two attached hydrogens (primary N) is 1.